The first-order valence-corrected chi connectivity index (χ1v) is 7.23. The van der Waals surface area contributed by atoms with Gasteiger partial charge in [0.1, 0.15) is 24.7 Å². The number of rotatable bonds is 5. The van der Waals surface area contributed by atoms with Crippen LogP contribution in [0.4, 0.5) is 5.69 Å². The molecule has 3 nitrogen and oxygen atoms in total. The van der Waals surface area contributed by atoms with Gasteiger partial charge in [0.25, 0.3) is 0 Å². The highest BCUT2D eigenvalue weighted by molar-refractivity contribution is 6.32. The van der Waals surface area contributed by atoms with Gasteiger partial charge >= 0.3 is 0 Å². The molecule has 0 aliphatic heterocycles. The van der Waals surface area contributed by atoms with Crippen LogP contribution in [0.5, 0.6) is 11.5 Å². The number of hydrogen-bond donors (Lipinski definition) is 1. The molecular formula is C17H20ClNO2. The quantitative estimate of drug-likeness (QED) is 0.661. The van der Waals surface area contributed by atoms with Crippen molar-refractivity contribution in [1.29, 1.82) is 0 Å². The lowest BCUT2D eigenvalue weighted by atomic mass is 10.1. The fourth-order valence-electron chi connectivity index (χ4n) is 2.07. The molecule has 0 bridgehead atoms. The maximum atomic E-state index is 6.13. The Labute approximate surface area is 130 Å². The topological polar surface area (TPSA) is 44.5 Å². The second-order valence-electron chi connectivity index (χ2n) is 5.11. The van der Waals surface area contributed by atoms with Gasteiger partial charge in [-0.25, -0.2) is 0 Å². The Kier molecular flexibility index (Phi) is 4.97. The zero-order chi connectivity index (χ0) is 15.4. The van der Waals surface area contributed by atoms with E-state index >= 15 is 0 Å². The monoisotopic (exact) mass is 305 g/mol. The molecule has 112 valence electrons. The number of benzene rings is 2. The summed E-state index contributed by atoms with van der Waals surface area (Å²) in [6, 6.07) is 9.58. The Morgan fingerprint density at radius 3 is 2.24 bits per heavy atom. The first kappa shape index (κ1) is 15.5. The third kappa shape index (κ3) is 4.05. The molecule has 0 amide bonds. The summed E-state index contributed by atoms with van der Waals surface area (Å²) in [5.74, 6) is 1.50. The fourth-order valence-corrected chi connectivity index (χ4v) is 2.18. The van der Waals surface area contributed by atoms with Crippen molar-refractivity contribution in [3.05, 3.63) is 52.0 Å². The van der Waals surface area contributed by atoms with Crippen LogP contribution in [0, 0.1) is 20.8 Å². The van der Waals surface area contributed by atoms with E-state index in [1.165, 1.54) is 0 Å². The molecule has 0 aliphatic rings. The van der Waals surface area contributed by atoms with Crippen LogP contribution in [-0.4, -0.2) is 13.2 Å². The van der Waals surface area contributed by atoms with Crippen LogP contribution in [-0.2, 0) is 0 Å². The van der Waals surface area contributed by atoms with Gasteiger partial charge in [0.2, 0.25) is 0 Å². The number of nitrogens with two attached hydrogens (primary N) is 1. The maximum absolute atomic E-state index is 6.13. The molecule has 2 rings (SSSR count). The summed E-state index contributed by atoms with van der Waals surface area (Å²) in [5, 5.41) is 0.783. The summed E-state index contributed by atoms with van der Waals surface area (Å²) >= 11 is 6.13. The van der Waals surface area contributed by atoms with Gasteiger partial charge in [-0.2, -0.15) is 0 Å². The van der Waals surface area contributed by atoms with Gasteiger partial charge in [-0.1, -0.05) is 17.7 Å². The van der Waals surface area contributed by atoms with Crippen molar-refractivity contribution in [3.8, 4) is 11.5 Å². The van der Waals surface area contributed by atoms with Gasteiger partial charge in [-0.05, 0) is 61.7 Å². The Bertz CT molecular complexity index is 618. The van der Waals surface area contributed by atoms with Crippen LogP contribution in [0.2, 0.25) is 5.02 Å². The van der Waals surface area contributed by atoms with Crippen molar-refractivity contribution in [1.82, 2.24) is 0 Å². The van der Waals surface area contributed by atoms with Crippen LogP contribution < -0.4 is 15.2 Å². The van der Waals surface area contributed by atoms with Crippen molar-refractivity contribution in [2.45, 2.75) is 20.8 Å². The van der Waals surface area contributed by atoms with E-state index in [9.17, 15) is 0 Å². The van der Waals surface area contributed by atoms with Crippen LogP contribution in [0.15, 0.2) is 30.3 Å². The van der Waals surface area contributed by atoms with E-state index in [-0.39, 0.29) is 0 Å². The molecule has 2 N–H and O–H groups in total. The summed E-state index contributed by atoms with van der Waals surface area (Å²) in [7, 11) is 0. The van der Waals surface area contributed by atoms with Gasteiger partial charge < -0.3 is 15.2 Å². The second kappa shape index (κ2) is 6.72. The van der Waals surface area contributed by atoms with E-state index < -0.39 is 0 Å². The minimum Gasteiger partial charge on any atom is -0.490 e. The Hall–Kier alpha value is -1.87. The molecule has 0 unspecified atom stereocenters. The molecule has 0 saturated heterocycles. The molecule has 0 aromatic heterocycles. The SMILES string of the molecule is Cc1ccc(N)c(OCCOc2cc(C)c(Cl)c(C)c2)c1. The highest BCUT2D eigenvalue weighted by atomic mass is 35.5. The molecule has 0 saturated carbocycles. The van der Waals surface area contributed by atoms with E-state index in [0.29, 0.717) is 24.7 Å². The fraction of sp³-hybridized carbons (Fsp3) is 0.294. The number of anilines is 1. The molecule has 0 heterocycles. The lowest BCUT2D eigenvalue weighted by molar-refractivity contribution is 0.217. The van der Waals surface area contributed by atoms with E-state index in [0.717, 1.165) is 27.5 Å². The summed E-state index contributed by atoms with van der Waals surface area (Å²) in [5.41, 5.74) is 9.63. The molecule has 0 spiro atoms. The molecule has 0 fully saturated rings. The zero-order valence-electron chi connectivity index (χ0n) is 12.6. The van der Waals surface area contributed by atoms with Gasteiger partial charge in [-0.15, -0.1) is 0 Å². The largest absolute Gasteiger partial charge is 0.490 e. The zero-order valence-corrected chi connectivity index (χ0v) is 13.3. The van der Waals surface area contributed by atoms with Gasteiger partial charge in [0, 0.05) is 5.02 Å². The van der Waals surface area contributed by atoms with Crippen molar-refractivity contribution >= 4 is 17.3 Å². The number of aryl methyl sites for hydroxylation is 3. The third-order valence-electron chi connectivity index (χ3n) is 3.19. The minimum atomic E-state index is 0.439. The lowest BCUT2D eigenvalue weighted by Gasteiger charge is -2.12. The number of hydrogen-bond acceptors (Lipinski definition) is 3. The first-order chi connectivity index (χ1) is 9.97. The Morgan fingerprint density at radius 1 is 0.952 bits per heavy atom. The first-order valence-electron chi connectivity index (χ1n) is 6.86. The maximum Gasteiger partial charge on any atom is 0.142 e. The normalized spacial score (nSPS) is 10.5. The van der Waals surface area contributed by atoms with Crippen molar-refractivity contribution in [2.75, 3.05) is 18.9 Å². The summed E-state index contributed by atoms with van der Waals surface area (Å²) in [6.07, 6.45) is 0. The molecule has 2 aromatic rings. The second-order valence-corrected chi connectivity index (χ2v) is 5.49. The Morgan fingerprint density at radius 2 is 1.57 bits per heavy atom. The summed E-state index contributed by atoms with van der Waals surface area (Å²) < 4.78 is 11.3. The predicted octanol–water partition coefficient (Wildman–Crippen LogP) is 4.31. The molecule has 0 aliphatic carbocycles. The van der Waals surface area contributed by atoms with E-state index in [2.05, 4.69) is 0 Å². The van der Waals surface area contributed by atoms with Crippen LogP contribution in [0.3, 0.4) is 0 Å². The lowest BCUT2D eigenvalue weighted by Crippen LogP contribution is -2.10. The van der Waals surface area contributed by atoms with Gasteiger partial charge in [-0.3, -0.25) is 0 Å². The van der Waals surface area contributed by atoms with Crippen LogP contribution >= 0.6 is 11.6 Å². The number of nitrogen functional groups attached to an aromatic ring is 1. The van der Waals surface area contributed by atoms with Crippen molar-refractivity contribution < 1.29 is 9.47 Å². The molecule has 0 atom stereocenters. The summed E-state index contributed by atoms with van der Waals surface area (Å²) in [4.78, 5) is 0. The molecule has 0 radical (unpaired) electrons. The average molecular weight is 306 g/mol. The molecule has 2 aromatic carbocycles. The highest BCUT2D eigenvalue weighted by Crippen LogP contribution is 2.26. The molecule has 21 heavy (non-hydrogen) atoms. The van der Waals surface area contributed by atoms with Gasteiger partial charge in [0.05, 0.1) is 5.69 Å². The van der Waals surface area contributed by atoms with Crippen LogP contribution in [0.25, 0.3) is 0 Å². The van der Waals surface area contributed by atoms with E-state index in [1.807, 2.05) is 51.1 Å². The smallest absolute Gasteiger partial charge is 0.142 e. The standard InChI is InChI=1S/C17H20ClNO2/c1-11-4-5-15(19)16(8-11)21-7-6-20-14-9-12(2)17(18)13(3)10-14/h4-5,8-10H,6-7,19H2,1-3H3. The van der Waals surface area contributed by atoms with Crippen molar-refractivity contribution in [3.63, 3.8) is 0 Å². The number of ether oxygens (including phenoxy) is 2. The van der Waals surface area contributed by atoms with E-state index in [1.54, 1.807) is 0 Å². The van der Waals surface area contributed by atoms with Gasteiger partial charge in [0.15, 0.2) is 0 Å². The predicted molar refractivity (Wildman–Crippen MR) is 87.5 cm³/mol. The highest BCUT2D eigenvalue weighted by Gasteiger charge is 2.04. The third-order valence-corrected chi connectivity index (χ3v) is 3.78. The molecular weight excluding hydrogens is 286 g/mol. The number of halogens is 1. The van der Waals surface area contributed by atoms with Crippen molar-refractivity contribution in [2.24, 2.45) is 0 Å². The average Bonchev–Trinajstić information content (AvgIpc) is 2.44. The Balaban J connectivity index is 1.89. The summed E-state index contributed by atoms with van der Waals surface area (Å²) in [6.45, 7) is 6.82. The van der Waals surface area contributed by atoms with E-state index in [4.69, 9.17) is 26.8 Å². The van der Waals surface area contributed by atoms with Crippen LogP contribution in [0.1, 0.15) is 16.7 Å². The minimum absolute atomic E-state index is 0.439. The molecule has 4 heteroatoms.